The highest BCUT2D eigenvalue weighted by atomic mass is 19.1. The molecule has 1 aliphatic rings. The van der Waals surface area contributed by atoms with Crippen LogP contribution in [0.5, 0.6) is 0 Å². The quantitative estimate of drug-likeness (QED) is 0.713. The number of alkyl halides is 1. The summed E-state index contributed by atoms with van der Waals surface area (Å²) in [7, 11) is 0. The van der Waals surface area contributed by atoms with Crippen LogP contribution in [0.2, 0.25) is 0 Å². The number of carbonyl (C=O) groups excluding carboxylic acids is 1. The molecule has 0 radical (unpaired) electrons. The zero-order valence-electron chi connectivity index (χ0n) is 9.45. The molecule has 16 heavy (non-hydrogen) atoms. The van der Waals surface area contributed by atoms with Crippen LogP contribution in [0.15, 0.2) is 24.3 Å². The van der Waals surface area contributed by atoms with Crippen LogP contribution in [-0.2, 0) is 0 Å². The van der Waals surface area contributed by atoms with Crippen LogP contribution >= 0.6 is 0 Å². The van der Waals surface area contributed by atoms with Crippen molar-refractivity contribution in [3.05, 3.63) is 35.4 Å². The van der Waals surface area contributed by atoms with E-state index in [1.54, 1.807) is 4.90 Å². The Kier molecular flexibility index (Phi) is 3.22. The standard InChI is InChI=1S/C13H16FNO/c1-10-2-4-11(5-3-10)13(16)15-8-6-12(14)7-9-15/h2-5,12H,6-9H2,1H3. The molecule has 0 saturated carbocycles. The van der Waals surface area contributed by atoms with E-state index in [1.165, 1.54) is 0 Å². The second kappa shape index (κ2) is 4.64. The van der Waals surface area contributed by atoms with Crippen molar-refractivity contribution in [3.8, 4) is 0 Å². The maximum atomic E-state index is 12.9. The van der Waals surface area contributed by atoms with Gasteiger partial charge in [-0.2, -0.15) is 0 Å². The molecule has 1 aromatic carbocycles. The molecular formula is C13H16FNO. The molecule has 0 aromatic heterocycles. The highest BCUT2D eigenvalue weighted by molar-refractivity contribution is 5.94. The fraction of sp³-hybridized carbons (Fsp3) is 0.462. The Bertz CT molecular complexity index is 366. The van der Waals surface area contributed by atoms with Crippen molar-refractivity contribution >= 4 is 5.91 Å². The third kappa shape index (κ3) is 2.40. The van der Waals surface area contributed by atoms with Crippen molar-refractivity contribution in [2.45, 2.75) is 25.9 Å². The van der Waals surface area contributed by atoms with Gasteiger partial charge in [0.25, 0.3) is 5.91 Å². The largest absolute Gasteiger partial charge is 0.338 e. The summed E-state index contributed by atoms with van der Waals surface area (Å²) in [5, 5.41) is 0. The number of likely N-dealkylation sites (tertiary alicyclic amines) is 1. The zero-order chi connectivity index (χ0) is 11.5. The van der Waals surface area contributed by atoms with Crippen LogP contribution in [-0.4, -0.2) is 30.1 Å². The Morgan fingerprint density at radius 1 is 1.25 bits per heavy atom. The van der Waals surface area contributed by atoms with Gasteiger partial charge in [-0.05, 0) is 31.9 Å². The fourth-order valence-electron chi connectivity index (χ4n) is 1.93. The van der Waals surface area contributed by atoms with Crippen molar-refractivity contribution in [3.63, 3.8) is 0 Å². The second-order valence-electron chi connectivity index (χ2n) is 4.33. The van der Waals surface area contributed by atoms with E-state index in [1.807, 2.05) is 31.2 Å². The lowest BCUT2D eigenvalue weighted by Crippen LogP contribution is -2.39. The number of hydrogen-bond donors (Lipinski definition) is 0. The number of nitrogens with zero attached hydrogens (tertiary/aromatic N) is 1. The maximum Gasteiger partial charge on any atom is 0.253 e. The zero-order valence-corrected chi connectivity index (χ0v) is 9.45. The van der Waals surface area contributed by atoms with E-state index in [0.717, 1.165) is 5.56 Å². The lowest BCUT2D eigenvalue weighted by Gasteiger charge is -2.28. The Morgan fingerprint density at radius 3 is 2.38 bits per heavy atom. The molecule has 0 atom stereocenters. The molecule has 2 nitrogen and oxygen atoms in total. The monoisotopic (exact) mass is 221 g/mol. The van der Waals surface area contributed by atoms with Gasteiger partial charge in [-0.1, -0.05) is 17.7 Å². The molecule has 1 aromatic rings. The van der Waals surface area contributed by atoms with E-state index < -0.39 is 6.17 Å². The van der Waals surface area contributed by atoms with E-state index in [0.29, 0.717) is 31.5 Å². The van der Waals surface area contributed by atoms with Crippen molar-refractivity contribution in [2.24, 2.45) is 0 Å². The molecule has 1 saturated heterocycles. The predicted octanol–water partition coefficient (Wildman–Crippen LogP) is 2.57. The molecule has 1 heterocycles. The Labute approximate surface area is 95.1 Å². The lowest BCUT2D eigenvalue weighted by molar-refractivity contribution is 0.0667. The smallest absolute Gasteiger partial charge is 0.253 e. The molecule has 0 aliphatic carbocycles. The SMILES string of the molecule is Cc1ccc(C(=O)N2CCC(F)CC2)cc1. The van der Waals surface area contributed by atoms with E-state index >= 15 is 0 Å². The predicted molar refractivity (Wildman–Crippen MR) is 61.2 cm³/mol. The summed E-state index contributed by atoms with van der Waals surface area (Å²) in [6.45, 7) is 3.06. The minimum Gasteiger partial charge on any atom is -0.338 e. The van der Waals surface area contributed by atoms with E-state index in [4.69, 9.17) is 0 Å². The van der Waals surface area contributed by atoms with Gasteiger partial charge < -0.3 is 4.90 Å². The Balaban J connectivity index is 2.05. The normalized spacial score (nSPS) is 17.5. The fourth-order valence-corrected chi connectivity index (χ4v) is 1.93. The van der Waals surface area contributed by atoms with Gasteiger partial charge in [-0.15, -0.1) is 0 Å². The molecule has 0 spiro atoms. The summed E-state index contributed by atoms with van der Waals surface area (Å²) in [4.78, 5) is 13.8. The number of aryl methyl sites for hydroxylation is 1. The summed E-state index contributed by atoms with van der Waals surface area (Å²) in [5.74, 6) is 0.0203. The van der Waals surface area contributed by atoms with Crippen molar-refractivity contribution in [1.82, 2.24) is 4.90 Å². The minimum absolute atomic E-state index is 0.0203. The van der Waals surface area contributed by atoms with Crippen molar-refractivity contribution in [2.75, 3.05) is 13.1 Å². The summed E-state index contributed by atoms with van der Waals surface area (Å²) in [6.07, 6.45) is 0.205. The molecule has 1 fully saturated rings. The molecule has 0 N–H and O–H groups in total. The molecule has 1 aliphatic heterocycles. The average molecular weight is 221 g/mol. The van der Waals surface area contributed by atoms with Gasteiger partial charge in [0.2, 0.25) is 0 Å². The van der Waals surface area contributed by atoms with Crippen LogP contribution in [0, 0.1) is 6.92 Å². The first-order valence-electron chi connectivity index (χ1n) is 5.67. The molecule has 0 unspecified atom stereocenters. The van der Waals surface area contributed by atoms with Gasteiger partial charge in [-0.3, -0.25) is 4.79 Å². The van der Waals surface area contributed by atoms with Crippen molar-refractivity contribution < 1.29 is 9.18 Å². The van der Waals surface area contributed by atoms with Gasteiger partial charge in [0.1, 0.15) is 6.17 Å². The first-order chi connectivity index (χ1) is 7.66. The van der Waals surface area contributed by atoms with E-state index in [9.17, 15) is 9.18 Å². The highest BCUT2D eigenvalue weighted by Crippen LogP contribution is 2.16. The van der Waals surface area contributed by atoms with Crippen LogP contribution in [0.1, 0.15) is 28.8 Å². The molecule has 1 amide bonds. The van der Waals surface area contributed by atoms with Gasteiger partial charge in [0, 0.05) is 18.7 Å². The topological polar surface area (TPSA) is 20.3 Å². The minimum atomic E-state index is -0.734. The number of halogens is 1. The molecule has 3 heteroatoms. The van der Waals surface area contributed by atoms with Crippen LogP contribution < -0.4 is 0 Å². The van der Waals surface area contributed by atoms with Crippen LogP contribution in [0.3, 0.4) is 0 Å². The third-order valence-corrected chi connectivity index (χ3v) is 3.01. The Hall–Kier alpha value is -1.38. The lowest BCUT2D eigenvalue weighted by atomic mass is 10.1. The van der Waals surface area contributed by atoms with Crippen molar-refractivity contribution in [1.29, 1.82) is 0 Å². The summed E-state index contributed by atoms with van der Waals surface area (Å²) in [5.41, 5.74) is 1.84. The van der Waals surface area contributed by atoms with Gasteiger partial charge in [0.15, 0.2) is 0 Å². The number of carbonyl (C=O) groups is 1. The maximum absolute atomic E-state index is 12.9. The molecule has 2 rings (SSSR count). The van der Waals surface area contributed by atoms with Gasteiger partial charge >= 0.3 is 0 Å². The number of rotatable bonds is 1. The molecular weight excluding hydrogens is 205 g/mol. The molecule has 86 valence electrons. The summed E-state index contributed by atoms with van der Waals surface area (Å²) < 4.78 is 12.9. The number of piperidine rings is 1. The van der Waals surface area contributed by atoms with Gasteiger partial charge in [0.05, 0.1) is 0 Å². The molecule has 0 bridgehead atoms. The summed E-state index contributed by atoms with van der Waals surface area (Å²) in [6, 6.07) is 7.52. The summed E-state index contributed by atoms with van der Waals surface area (Å²) >= 11 is 0. The Morgan fingerprint density at radius 2 is 1.81 bits per heavy atom. The first-order valence-corrected chi connectivity index (χ1v) is 5.67. The van der Waals surface area contributed by atoms with Crippen LogP contribution in [0.25, 0.3) is 0 Å². The highest BCUT2D eigenvalue weighted by Gasteiger charge is 2.22. The van der Waals surface area contributed by atoms with E-state index in [2.05, 4.69) is 0 Å². The van der Waals surface area contributed by atoms with Crippen LogP contribution in [0.4, 0.5) is 4.39 Å². The number of benzene rings is 1. The number of amides is 1. The first kappa shape index (κ1) is 11.1. The third-order valence-electron chi connectivity index (χ3n) is 3.01. The second-order valence-corrected chi connectivity index (χ2v) is 4.33. The average Bonchev–Trinajstić information content (AvgIpc) is 2.30. The van der Waals surface area contributed by atoms with Gasteiger partial charge in [-0.25, -0.2) is 4.39 Å². The van der Waals surface area contributed by atoms with E-state index in [-0.39, 0.29) is 5.91 Å². The number of hydrogen-bond acceptors (Lipinski definition) is 1.